The molecule has 1 fully saturated rings. The Balaban J connectivity index is 1.57. The standard InChI is InChI=1S/C26H32O5/c1-16-6-10-22-25(3,4)23(30-17(2)27)12-13-26(22,5)20(16)15-29-19-9-7-18-8-11-24(28)31-21(18)14-19/h6-9,11,14,20,22-23H,10,12-13,15H2,1-5H3/t20?,22?,23-,26?/m0/s1. The average molecular weight is 425 g/mol. The quantitative estimate of drug-likeness (QED) is 0.368. The molecule has 0 spiro atoms. The van der Waals surface area contributed by atoms with Crippen LogP contribution in [0.15, 0.2) is 51.2 Å². The maximum absolute atomic E-state index is 11.6. The van der Waals surface area contributed by atoms with E-state index in [1.807, 2.05) is 12.1 Å². The van der Waals surface area contributed by atoms with Gasteiger partial charge in [-0.2, -0.15) is 0 Å². The zero-order chi connectivity index (χ0) is 22.4. The molecule has 5 nitrogen and oxygen atoms in total. The molecule has 1 heterocycles. The van der Waals surface area contributed by atoms with Crippen molar-refractivity contribution in [1.29, 1.82) is 0 Å². The molecule has 4 atom stereocenters. The minimum atomic E-state index is -0.363. The van der Waals surface area contributed by atoms with E-state index in [1.165, 1.54) is 18.6 Å². The number of carbonyl (C=O) groups excluding carboxylic acids is 1. The average Bonchev–Trinajstić information content (AvgIpc) is 2.69. The first-order chi connectivity index (χ1) is 14.6. The maximum Gasteiger partial charge on any atom is 0.336 e. The molecule has 0 N–H and O–H groups in total. The van der Waals surface area contributed by atoms with E-state index in [9.17, 15) is 9.59 Å². The molecule has 0 bridgehead atoms. The maximum atomic E-state index is 11.6. The zero-order valence-electron chi connectivity index (χ0n) is 19.1. The highest BCUT2D eigenvalue weighted by atomic mass is 16.5. The number of hydrogen-bond donors (Lipinski definition) is 0. The zero-order valence-corrected chi connectivity index (χ0v) is 19.1. The van der Waals surface area contributed by atoms with Crippen LogP contribution in [0.25, 0.3) is 11.0 Å². The number of hydrogen-bond acceptors (Lipinski definition) is 5. The second kappa shape index (κ2) is 7.85. The van der Waals surface area contributed by atoms with Crippen LogP contribution in [0, 0.1) is 22.7 Å². The molecule has 0 radical (unpaired) electrons. The summed E-state index contributed by atoms with van der Waals surface area (Å²) in [5, 5.41) is 0.873. The van der Waals surface area contributed by atoms with Crippen molar-refractivity contribution in [1.82, 2.24) is 0 Å². The van der Waals surface area contributed by atoms with E-state index in [0.717, 1.165) is 24.6 Å². The Labute approximate surface area is 183 Å². The van der Waals surface area contributed by atoms with Crippen LogP contribution < -0.4 is 10.4 Å². The first kappa shape index (κ1) is 21.7. The van der Waals surface area contributed by atoms with Crippen molar-refractivity contribution in [3.63, 3.8) is 0 Å². The Morgan fingerprint density at radius 3 is 2.68 bits per heavy atom. The Morgan fingerprint density at radius 1 is 1.19 bits per heavy atom. The summed E-state index contributed by atoms with van der Waals surface area (Å²) in [6.07, 6.45) is 5.12. The smallest absolute Gasteiger partial charge is 0.336 e. The van der Waals surface area contributed by atoms with Gasteiger partial charge in [0.2, 0.25) is 0 Å². The highest BCUT2D eigenvalue weighted by molar-refractivity contribution is 5.77. The van der Waals surface area contributed by atoms with Crippen molar-refractivity contribution >= 4 is 16.9 Å². The first-order valence-corrected chi connectivity index (χ1v) is 11.1. The van der Waals surface area contributed by atoms with Gasteiger partial charge in [-0.1, -0.05) is 32.4 Å². The Hall–Kier alpha value is -2.56. The van der Waals surface area contributed by atoms with Gasteiger partial charge in [-0.05, 0) is 55.7 Å². The van der Waals surface area contributed by atoms with Crippen molar-refractivity contribution in [2.24, 2.45) is 22.7 Å². The molecule has 166 valence electrons. The van der Waals surface area contributed by atoms with Crippen LogP contribution in [-0.2, 0) is 9.53 Å². The van der Waals surface area contributed by atoms with Gasteiger partial charge in [-0.3, -0.25) is 4.79 Å². The van der Waals surface area contributed by atoms with Crippen molar-refractivity contribution in [3.8, 4) is 5.75 Å². The fraction of sp³-hybridized carbons (Fsp3) is 0.538. The topological polar surface area (TPSA) is 65.7 Å². The van der Waals surface area contributed by atoms with Crippen LogP contribution in [0.3, 0.4) is 0 Å². The van der Waals surface area contributed by atoms with Gasteiger partial charge in [0.05, 0.1) is 6.61 Å². The predicted molar refractivity (Wildman–Crippen MR) is 120 cm³/mol. The van der Waals surface area contributed by atoms with Crippen molar-refractivity contribution < 1.29 is 18.7 Å². The molecule has 0 aliphatic heterocycles. The summed E-state index contributed by atoms with van der Waals surface area (Å²) >= 11 is 0. The SMILES string of the molecule is CC(=O)O[C@H]1CCC2(C)C(COc3ccc4ccc(=O)oc4c3)C(C)=CCC2C1(C)C. The third-order valence-electron chi connectivity index (χ3n) is 7.81. The normalized spacial score (nSPS) is 29.7. The monoisotopic (exact) mass is 424 g/mol. The molecule has 4 rings (SSSR count). The predicted octanol–water partition coefficient (Wildman–Crippen LogP) is 5.51. The van der Waals surface area contributed by atoms with Crippen LogP contribution >= 0.6 is 0 Å². The summed E-state index contributed by atoms with van der Waals surface area (Å²) in [4.78, 5) is 23.2. The number of benzene rings is 1. The van der Waals surface area contributed by atoms with E-state index in [-0.39, 0.29) is 34.4 Å². The van der Waals surface area contributed by atoms with E-state index in [0.29, 0.717) is 23.9 Å². The van der Waals surface area contributed by atoms with Gasteiger partial charge >= 0.3 is 11.6 Å². The molecule has 2 aliphatic rings. The molecule has 3 unspecified atom stereocenters. The van der Waals surface area contributed by atoms with E-state index in [4.69, 9.17) is 13.9 Å². The number of ether oxygens (including phenoxy) is 2. The fourth-order valence-corrected chi connectivity index (χ4v) is 6.06. The number of fused-ring (bicyclic) bond motifs is 2. The summed E-state index contributed by atoms with van der Waals surface area (Å²) in [6, 6.07) is 8.81. The van der Waals surface area contributed by atoms with Gasteiger partial charge in [-0.15, -0.1) is 0 Å². The number of carbonyl (C=O) groups is 1. The molecule has 2 aromatic rings. The molecule has 1 aromatic heterocycles. The summed E-state index contributed by atoms with van der Waals surface area (Å²) in [5.74, 6) is 1.16. The molecule has 1 aromatic carbocycles. The minimum Gasteiger partial charge on any atom is -0.493 e. The second-order valence-electron chi connectivity index (χ2n) is 10.0. The minimum absolute atomic E-state index is 0.0557. The Bertz CT molecular complexity index is 1080. The molecule has 31 heavy (non-hydrogen) atoms. The molecular formula is C26H32O5. The number of allylic oxidation sites excluding steroid dienone is 1. The molecule has 2 aliphatic carbocycles. The lowest BCUT2D eigenvalue weighted by atomic mass is 9.48. The molecule has 0 saturated heterocycles. The van der Waals surface area contributed by atoms with E-state index in [2.05, 4.69) is 33.8 Å². The molecular weight excluding hydrogens is 392 g/mol. The van der Waals surface area contributed by atoms with Crippen LogP contribution in [0.2, 0.25) is 0 Å². The van der Waals surface area contributed by atoms with E-state index < -0.39 is 0 Å². The van der Waals surface area contributed by atoms with Gasteiger partial charge in [0, 0.05) is 35.8 Å². The van der Waals surface area contributed by atoms with Crippen molar-refractivity contribution in [2.75, 3.05) is 6.61 Å². The van der Waals surface area contributed by atoms with Gasteiger partial charge in [0.25, 0.3) is 0 Å². The number of rotatable bonds is 4. The van der Waals surface area contributed by atoms with Crippen LogP contribution in [0.4, 0.5) is 0 Å². The molecule has 5 heteroatoms. The van der Waals surface area contributed by atoms with Crippen LogP contribution in [0.5, 0.6) is 5.75 Å². The Kier molecular flexibility index (Phi) is 5.48. The highest BCUT2D eigenvalue weighted by Crippen LogP contribution is 2.60. The fourth-order valence-electron chi connectivity index (χ4n) is 6.06. The summed E-state index contributed by atoms with van der Waals surface area (Å²) < 4.78 is 17.3. The Morgan fingerprint density at radius 2 is 1.94 bits per heavy atom. The lowest BCUT2D eigenvalue weighted by molar-refractivity contribution is -0.172. The molecule has 0 amide bonds. The van der Waals surface area contributed by atoms with Gasteiger partial charge < -0.3 is 13.9 Å². The number of esters is 1. The lowest BCUT2D eigenvalue weighted by Crippen LogP contribution is -2.55. The summed E-state index contributed by atoms with van der Waals surface area (Å²) in [7, 11) is 0. The van der Waals surface area contributed by atoms with Crippen molar-refractivity contribution in [2.45, 2.75) is 60.0 Å². The largest absolute Gasteiger partial charge is 0.493 e. The summed E-state index contributed by atoms with van der Waals surface area (Å²) in [6.45, 7) is 11.1. The van der Waals surface area contributed by atoms with Crippen molar-refractivity contribution in [3.05, 3.63) is 52.4 Å². The third-order valence-corrected chi connectivity index (χ3v) is 7.81. The highest BCUT2D eigenvalue weighted by Gasteiger charge is 2.56. The van der Waals surface area contributed by atoms with Gasteiger partial charge in [0.15, 0.2) is 0 Å². The lowest BCUT2D eigenvalue weighted by Gasteiger charge is -2.58. The first-order valence-electron chi connectivity index (χ1n) is 11.1. The van der Waals surface area contributed by atoms with E-state index in [1.54, 1.807) is 12.1 Å². The third kappa shape index (κ3) is 3.90. The van der Waals surface area contributed by atoms with Crippen LogP contribution in [0.1, 0.15) is 53.9 Å². The van der Waals surface area contributed by atoms with Gasteiger partial charge in [-0.25, -0.2) is 4.79 Å². The summed E-state index contributed by atoms with van der Waals surface area (Å²) in [5.41, 5.74) is 1.47. The van der Waals surface area contributed by atoms with E-state index >= 15 is 0 Å². The second-order valence-corrected chi connectivity index (χ2v) is 10.0. The van der Waals surface area contributed by atoms with Crippen LogP contribution in [-0.4, -0.2) is 18.7 Å². The molecule has 1 saturated carbocycles. The van der Waals surface area contributed by atoms with Gasteiger partial charge in [0.1, 0.15) is 17.4 Å².